The number of hydrogen-bond acceptors (Lipinski definition) is 5. The number of carbonyl (C=O) groups excluding carboxylic acids is 1. The zero-order valence-electron chi connectivity index (χ0n) is 19.1. The molecule has 2 aromatic rings. The molecule has 0 fully saturated rings. The number of sulfone groups is 1. The van der Waals surface area contributed by atoms with Crippen molar-refractivity contribution < 1.29 is 22.7 Å². The number of hydrogen-bond donors (Lipinski definition) is 0. The van der Waals surface area contributed by atoms with E-state index in [0.29, 0.717) is 31.2 Å². The van der Waals surface area contributed by atoms with E-state index in [9.17, 15) is 13.2 Å². The van der Waals surface area contributed by atoms with Gasteiger partial charge in [-0.2, -0.15) is 0 Å². The van der Waals surface area contributed by atoms with Gasteiger partial charge in [-0.3, -0.25) is 4.79 Å². The maximum absolute atomic E-state index is 13.4. The number of rotatable bonds is 11. The Morgan fingerprint density at radius 2 is 1.74 bits per heavy atom. The van der Waals surface area contributed by atoms with E-state index in [-0.39, 0.29) is 16.4 Å². The first-order chi connectivity index (χ1) is 14.8. The molecule has 31 heavy (non-hydrogen) atoms. The van der Waals surface area contributed by atoms with Gasteiger partial charge in [-0.1, -0.05) is 32.0 Å². The third kappa shape index (κ3) is 6.00. The van der Waals surface area contributed by atoms with Crippen LogP contribution < -0.4 is 9.47 Å². The third-order valence-electron chi connectivity index (χ3n) is 4.89. The summed E-state index contributed by atoms with van der Waals surface area (Å²) < 4.78 is 36.8. The van der Waals surface area contributed by atoms with Gasteiger partial charge in [0.2, 0.25) is 0 Å². The lowest BCUT2D eigenvalue weighted by atomic mass is 10.1. The van der Waals surface area contributed by atoms with Crippen molar-refractivity contribution in [3.05, 3.63) is 53.6 Å². The van der Waals surface area contributed by atoms with Crippen LogP contribution in [0.1, 0.15) is 56.5 Å². The lowest BCUT2D eigenvalue weighted by molar-refractivity contribution is 0.0739. The molecule has 0 aliphatic heterocycles. The molecule has 0 saturated heterocycles. The van der Waals surface area contributed by atoms with Crippen LogP contribution in [0.3, 0.4) is 0 Å². The van der Waals surface area contributed by atoms with Gasteiger partial charge in [0, 0.05) is 13.1 Å². The van der Waals surface area contributed by atoms with Crippen LogP contribution in [0.4, 0.5) is 0 Å². The Kier molecular flexibility index (Phi) is 8.92. The van der Waals surface area contributed by atoms with Crippen LogP contribution in [-0.4, -0.2) is 44.7 Å². The van der Waals surface area contributed by atoms with Crippen LogP contribution in [0.2, 0.25) is 0 Å². The van der Waals surface area contributed by atoms with Crippen LogP contribution in [0.25, 0.3) is 0 Å². The first-order valence-electron chi connectivity index (χ1n) is 10.7. The normalized spacial score (nSPS) is 11.4. The largest absolute Gasteiger partial charge is 0.493 e. The van der Waals surface area contributed by atoms with Gasteiger partial charge in [0.05, 0.1) is 29.4 Å². The maximum Gasteiger partial charge on any atom is 0.255 e. The standard InChI is InChI=1S/C24H33NO5S/c1-6-14-25(17-19-12-13-21(30-15-7-2)22(16-19)29-5)24(26)20-10-8-9-11-23(20)31(27,28)18(3)4/h8-13,16,18H,6-7,14-15,17H2,1-5H3. The van der Waals surface area contributed by atoms with Gasteiger partial charge in [0.25, 0.3) is 5.91 Å². The summed E-state index contributed by atoms with van der Waals surface area (Å²) >= 11 is 0. The Balaban J connectivity index is 2.37. The quantitative estimate of drug-likeness (QED) is 0.498. The summed E-state index contributed by atoms with van der Waals surface area (Å²) in [7, 11) is -2.00. The van der Waals surface area contributed by atoms with E-state index < -0.39 is 15.1 Å². The van der Waals surface area contributed by atoms with Gasteiger partial charge in [0.15, 0.2) is 21.3 Å². The predicted octanol–water partition coefficient (Wildman–Crippen LogP) is 4.72. The van der Waals surface area contributed by atoms with Crippen molar-refractivity contribution in [3.8, 4) is 11.5 Å². The fourth-order valence-electron chi connectivity index (χ4n) is 3.20. The van der Waals surface area contributed by atoms with Crippen molar-refractivity contribution in [2.24, 2.45) is 0 Å². The highest BCUT2D eigenvalue weighted by atomic mass is 32.2. The zero-order valence-corrected chi connectivity index (χ0v) is 19.9. The maximum atomic E-state index is 13.4. The average molecular weight is 448 g/mol. The minimum Gasteiger partial charge on any atom is -0.493 e. The molecule has 0 N–H and O–H groups in total. The molecule has 0 aromatic heterocycles. The van der Waals surface area contributed by atoms with Crippen LogP contribution in [0.5, 0.6) is 11.5 Å². The first-order valence-corrected chi connectivity index (χ1v) is 12.2. The lowest BCUT2D eigenvalue weighted by Crippen LogP contribution is -2.32. The van der Waals surface area contributed by atoms with E-state index >= 15 is 0 Å². The van der Waals surface area contributed by atoms with Crippen molar-refractivity contribution in [1.29, 1.82) is 0 Å². The fraction of sp³-hybridized carbons (Fsp3) is 0.458. The molecule has 6 nitrogen and oxygen atoms in total. The minimum absolute atomic E-state index is 0.0806. The molecule has 170 valence electrons. The van der Waals surface area contributed by atoms with Crippen LogP contribution in [0, 0.1) is 0 Å². The van der Waals surface area contributed by atoms with Crippen molar-refractivity contribution in [1.82, 2.24) is 4.90 Å². The molecule has 0 heterocycles. The van der Waals surface area contributed by atoms with Crippen molar-refractivity contribution in [3.63, 3.8) is 0 Å². The Bertz CT molecular complexity index is 985. The summed E-state index contributed by atoms with van der Waals surface area (Å²) in [5.41, 5.74) is 1.09. The van der Waals surface area contributed by atoms with E-state index in [0.717, 1.165) is 18.4 Å². The minimum atomic E-state index is -3.58. The summed E-state index contributed by atoms with van der Waals surface area (Å²) in [4.78, 5) is 15.2. The second-order valence-electron chi connectivity index (χ2n) is 7.65. The number of ether oxygens (including phenoxy) is 2. The molecular weight excluding hydrogens is 414 g/mol. The summed E-state index contributed by atoms with van der Waals surface area (Å²) in [6.07, 6.45) is 1.64. The highest BCUT2D eigenvalue weighted by Gasteiger charge is 2.27. The zero-order chi connectivity index (χ0) is 23.0. The molecule has 0 unspecified atom stereocenters. The summed E-state index contributed by atoms with van der Waals surface area (Å²) in [5.74, 6) is 0.972. The number of carbonyl (C=O) groups is 1. The Labute approximate surface area is 186 Å². The number of methoxy groups -OCH3 is 1. The molecule has 2 aromatic carbocycles. The van der Waals surface area contributed by atoms with E-state index in [1.165, 1.54) is 6.07 Å². The van der Waals surface area contributed by atoms with Crippen LogP contribution in [-0.2, 0) is 16.4 Å². The molecule has 0 aliphatic carbocycles. The molecule has 0 radical (unpaired) electrons. The highest BCUT2D eigenvalue weighted by molar-refractivity contribution is 7.92. The van der Waals surface area contributed by atoms with E-state index in [2.05, 4.69) is 0 Å². The molecule has 0 atom stereocenters. The van der Waals surface area contributed by atoms with Gasteiger partial charge < -0.3 is 14.4 Å². The molecule has 0 bridgehead atoms. The van der Waals surface area contributed by atoms with Crippen molar-refractivity contribution >= 4 is 15.7 Å². The lowest BCUT2D eigenvalue weighted by Gasteiger charge is -2.24. The van der Waals surface area contributed by atoms with E-state index in [4.69, 9.17) is 9.47 Å². The van der Waals surface area contributed by atoms with Gasteiger partial charge in [-0.05, 0) is 56.5 Å². The first kappa shape index (κ1) is 24.7. The van der Waals surface area contributed by atoms with Gasteiger partial charge >= 0.3 is 0 Å². The second kappa shape index (κ2) is 11.2. The molecule has 0 aliphatic rings. The smallest absolute Gasteiger partial charge is 0.255 e. The topological polar surface area (TPSA) is 72.9 Å². The van der Waals surface area contributed by atoms with Crippen LogP contribution in [0.15, 0.2) is 47.4 Å². The molecule has 0 saturated carbocycles. The summed E-state index contributed by atoms with van der Waals surface area (Å²) in [6, 6.07) is 12.0. The Hall–Kier alpha value is -2.54. The number of amides is 1. The van der Waals surface area contributed by atoms with Crippen LogP contribution >= 0.6 is 0 Å². The van der Waals surface area contributed by atoms with Gasteiger partial charge in [0.1, 0.15) is 0 Å². The Morgan fingerprint density at radius 1 is 1.03 bits per heavy atom. The third-order valence-corrected chi connectivity index (χ3v) is 7.10. The SMILES string of the molecule is CCCOc1ccc(CN(CCC)C(=O)c2ccccc2S(=O)(=O)C(C)C)cc1OC. The highest BCUT2D eigenvalue weighted by Crippen LogP contribution is 2.29. The van der Waals surface area contributed by atoms with Gasteiger partial charge in [-0.25, -0.2) is 8.42 Å². The average Bonchev–Trinajstić information content (AvgIpc) is 2.77. The number of benzene rings is 2. The number of nitrogens with zero attached hydrogens (tertiary/aromatic N) is 1. The van der Waals surface area contributed by atoms with Gasteiger partial charge in [-0.15, -0.1) is 0 Å². The molecule has 1 amide bonds. The fourth-order valence-corrected chi connectivity index (χ4v) is 4.44. The predicted molar refractivity (Wildman–Crippen MR) is 123 cm³/mol. The van der Waals surface area contributed by atoms with Crippen molar-refractivity contribution in [2.75, 3.05) is 20.3 Å². The second-order valence-corrected chi connectivity index (χ2v) is 10.1. The summed E-state index contributed by atoms with van der Waals surface area (Å²) in [6.45, 7) is 8.70. The molecule has 2 rings (SSSR count). The molecule has 0 spiro atoms. The van der Waals surface area contributed by atoms with Crippen molar-refractivity contribution in [2.45, 2.75) is 57.2 Å². The van der Waals surface area contributed by atoms with E-state index in [1.807, 2.05) is 32.0 Å². The monoisotopic (exact) mass is 447 g/mol. The Morgan fingerprint density at radius 3 is 2.35 bits per heavy atom. The van der Waals surface area contributed by atoms with E-state index in [1.54, 1.807) is 44.1 Å². The molecular formula is C24H33NO5S. The molecule has 7 heteroatoms. The summed E-state index contributed by atoms with van der Waals surface area (Å²) in [5, 5.41) is -0.610.